The Bertz CT molecular complexity index is 852. The summed E-state index contributed by atoms with van der Waals surface area (Å²) in [5.41, 5.74) is 1.62. The van der Waals surface area contributed by atoms with Crippen molar-refractivity contribution in [3.8, 4) is 0 Å². The molecule has 1 N–H and O–H groups in total. The predicted octanol–water partition coefficient (Wildman–Crippen LogP) is 5.34. The van der Waals surface area contributed by atoms with Crippen LogP contribution in [0.4, 0.5) is 4.79 Å². The Morgan fingerprint density at radius 2 is 1.79 bits per heavy atom. The number of carbonyl (C=O) groups excluding carboxylic acids is 1. The fourth-order valence-electron chi connectivity index (χ4n) is 4.67. The number of hydrogen-bond donors (Lipinski definition) is 1. The van der Waals surface area contributed by atoms with Crippen LogP contribution in [0.15, 0.2) is 54.6 Å². The van der Waals surface area contributed by atoms with Gasteiger partial charge in [-0.1, -0.05) is 60.2 Å². The van der Waals surface area contributed by atoms with Crippen LogP contribution in [-0.4, -0.2) is 28.2 Å². The standard InChI is InChI=1S/C25H31NO3/c1-18-9-11-19(12-10-18)22(20-13-14-20)26-16-15-25(29-23(26)27,17-24(2,3)28)21-7-5-4-6-8-21/h4-12,20,22,28H,13-17H2,1-3H3. The number of ether oxygens (including phenoxy) is 1. The topological polar surface area (TPSA) is 49.8 Å². The zero-order valence-electron chi connectivity index (χ0n) is 17.6. The van der Waals surface area contributed by atoms with Gasteiger partial charge in [-0.05, 0) is 50.7 Å². The lowest BCUT2D eigenvalue weighted by Gasteiger charge is -2.46. The van der Waals surface area contributed by atoms with Crippen LogP contribution in [0.25, 0.3) is 0 Å². The number of carbonyl (C=O) groups is 1. The summed E-state index contributed by atoms with van der Waals surface area (Å²) in [6, 6.07) is 18.4. The van der Waals surface area contributed by atoms with Gasteiger partial charge in [0.1, 0.15) is 5.60 Å². The Labute approximate surface area is 173 Å². The molecule has 2 fully saturated rings. The second-order valence-electron chi connectivity index (χ2n) is 9.35. The maximum Gasteiger partial charge on any atom is 0.411 e. The number of aryl methyl sites for hydroxylation is 1. The SMILES string of the molecule is Cc1ccc(C(C2CC2)N2CCC(CC(C)(C)O)(c3ccccc3)OC2=O)cc1. The third kappa shape index (κ3) is 4.32. The van der Waals surface area contributed by atoms with E-state index < -0.39 is 11.2 Å². The highest BCUT2D eigenvalue weighted by Crippen LogP contribution is 2.48. The number of hydrogen-bond acceptors (Lipinski definition) is 3. The van der Waals surface area contributed by atoms with Crippen LogP contribution in [0.2, 0.25) is 0 Å². The van der Waals surface area contributed by atoms with Crippen molar-refractivity contribution in [2.75, 3.05) is 6.54 Å². The van der Waals surface area contributed by atoms with Gasteiger partial charge in [-0.15, -0.1) is 0 Å². The van der Waals surface area contributed by atoms with Crippen LogP contribution in [0, 0.1) is 12.8 Å². The van der Waals surface area contributed by atoms with E-state index in [0.29, 0.717) is 25.3 Å². The molecule has 4 heteroatoms. The largest absolute Gasteiger partial charge is 0.438 e. The minimum Gasteiger partial charge on any atom is -0.438 e. The highest BCUT2D eigenvalue weighted by Gasteiger charge is 2.49. The van der Waals surface area contributed by atoms with Gasteiger partial charge in [0.25, 0.3) is 0 Å². The summed E-state index contributed by atoms with van der Waals surface area (Å²) >= 11 is 0. The molecule has 0 bridgehead atoms. The zero-order valence-corrected chi connectivity index (χ0v) is 17.6. The maximum atomic E-state index is 13.3. The van der Waals surface area contributed by atoms with Crippen molar-refractivity contribution in [1.29, 1.82) is 0 Å². The fraction of sp³-hybridized carbons (Fsp3) is 0.480. The highest BCUT2D eigenvalue weighted by molar-refractivity contribution is 5.70. The molecule has 29 heavy (non-hydrogen) atoms. The third-order valence-electron chi connectivity index (χ3n) is 6.11. The van der Waals surface area contributed by atoms with Crippen molar-refractivity contribution in [2.24, 2.45) is 5.92 Å². The van der Waals surface area contributed by atoms with E-state index in [2.05, 4.69) is 31.2 Å². The van der Waals surface area contributed by atoms with Crippen molar-refractivity contribution in [3.05, 3.63) is 71.3 Å². The van der Waals surface area contributed by atoms with Gasteiger partial charge in [0.05, 0.1) is 11.6 Å². The number of cyclic esters (lactones) is 1. The maximum absolute atomic E-state index is 13.3. The lowest BCUT2D eigenvalue weighted by atomic mass is 9.80. The number of rotatable bonds is 6. The molecule has 2 aromatic rings. The summed E-state index contributed by atoms with van der Waals surface area (Å²) in [7, 11) is 0. The summed E-state index contributed by atoms with van der Waals surface area (Å²) < 4.78 is 6.18. The van der Waals surface area contributed by atoms with Crippen molar-refractivity contribution in [1.82, 2.24) is 4.90 Å². The zero-order chi connectivity index (χ0) is 20.6. The lowest BCUT2D eigenvalue weighted by Crippen LogP contribution is -2.51. The summed E-state index contributed by atoms with van der Waals surface area (Å²) in [6.45, 7) is 6.25. The first-order valence-corrected chi connectivity index (χ1v) is 10.6. The molecule has 2 atom stereocenters. The number of aliphatic hydroxyl groups is 1. The molecule has 0 radical (unpaired) electrons. The molecular weight excluding hydrogens is 362 g/mol. The second-order valence-corrected chi connectivity index (χ2v) is 9.35. The molecule has 1 aliphatic heterocycles. The molecule has 4 nitrogen and oxygen atoms in total. The number of benzene rings is 2. The predicted molar refractivity (Wildman–Crippen MR) is 113 cm³/mol. The molecule has 0 spiro atoms. The van der Waals surface area contributed by atoms with Gasteiger partial charge < -0.3 is 14.7 Å². The Balaban J connectivity index is 1.62. The van der Waals surface area contributed by atoms with E-state index >= 15 is 0 Å². The van der Waals surface area contributed by atoms with Crippen LogP contribution in [0.1, 0.15) is 62.3 Å². The van der Waals surface area contributed by atoms with Gasteiger partial charge in [0, 0.05) is 19.4 Å². The average Bonchev–Trinajstić information content (AvgIpc) is 3.50. The molecule has 1 amide bonds. The van der Waals surface area contributed by atoms with Gasteiger partial charge in [0.15, 0.2) is 0 Å². The van der Waals surface area contributed by atoms with E-state index in [-0.39, 0.29) is 12.1 Å². The van der Waals surface area contributed by atoms with E-state index in [1.165, 1.54) is 11.1 Å². The molecule has 1 saturated heterocycles. The quantitative estimate of drug-likeness (QED) is 0.720. The van der Waals surface area contributed by atoms with Crippen LogP contribution >= 0.6 is 0 Å². The average molecular weight is 394 g/mol. The summed E-state index contributed by atoms with van der Waals surface area (Å²) in [5, 5.41) is 10.6. The minimum atomic E-state index is -0.939. The fourth-order valence-corrected chi connectivity index (χ4v) is 4.67. The Morgan fingerprint density at radius 3 is 2.34 bits per heavy atom. The van der Waals surface area contributed by atoms with Crippen LogP contribution in [-0.2, 0) is 10.3 Å². The molecule has 2 aliphatic rings. The molecule has 154 valence electrons. The molecular formula is C25H31NO3. The van der Waals surface area contributed by atoms with Crippen LogP contribution in [0.3, 0.4) is 0 Å². The molecule has 1 heterocycles. The van der Waals surface area contributed by atoms with E-state index in [9.17, 15) is 9.90 Å². The second kappa shape index (κ2) is 7.49. The Kier molecular flexibility index (Phi) is 5.16. The van der Waals surface area contributed by atoms with Crippen molar-refractivity contribution in [3.63, 3.8) is 0 Å². The van der Waals surface area contributed by atoms with Gasteiger partial charge in [-0.25, -0.2) is 4.79 Å². The van der Waals surface area contributed by atoms with Crippen LogP contribution < -0.4 is 0 Å². The molecule has 1 aliphatic carbocycles. The minimum absolute atomic E-state index is 0.0685. The van der Waals surface area contributed by atoms with Gasteiger partial charge in [-0.3, -0.25) is 0 Å². The highest BCUT2D eigenvalue weighted by atomic mass is 16.6. The van der Waals surface area contributed by atoms with Crippen molar-refractivity contribution >= 4 is 6.09 Å². The normalized spacial score (nSPS) is 23.6. The van der Waals surface area contributed by atoms with E-state index in [0.717, 1.165) is 18.4 Å². The van der Waals surface area contributed by atoms with Gasteiger partial charge in [0.2, 0.25) is 0 Å². The van der Waals surface area contributed by atoms with Gasteiger partial charge >= 0.3 is 6.09 Å². The first kappa shape index (κ1) is 20.0. The smallest absolute Gasteiger partial charge is 0.411 e. The van der Waals surface area contributed by atoms with Crippen molar-refractivity contribution < 1.29 is 14.6 Å². The summed E-state index contributed by atoms with van der Waals surface area (Å²) in [5.74, 6) is 0.503. The van der Waals surface area contributed by atoms with Crippen LogP contribution in [0.5, 0.6) is 0 Å². The van der Waals surface area contributed by atoms with Gasteiger partial charge in [-0.2, -0.15) is 0 Å². The Hall–Kier alpha value is -2.33. The van der Waals surface area contributed by atoms with E-state index in [1.807, 2.05) is 35.2 Å². The monoisotopic (exact) mass is 393 g/mol. The molecule has 4 rings (SSSR count). The number of amides is 1. The third-order valence-corrected chi connectivity index (χ3v) is 6.11. The van der Waals surface area contributed by atoms with E-state index in [4.69, 9.17) is 4.74 Å². The molecule has 1 saturated carbocycles. The van der Waals surface area contributed by atoms with E-state index in [1.54, 1.807) is 13.8 Å². The first-order valence-electron chi connectivity index (χ1n) is 10.6. The molecule has 2 aromatic carbocycles. The summed E-state index contributed by atoms with van der Waals surface area (Å²) in [6.07, 6.45) is 3.07. The Morgan fingerprint density at radius 1 is 1.14 bits per heavy atom. The first-order chi connectivity index (χ1) is 13.8. The number of nitrogens with zero attached hydrogens (tertiary/aromatic N) is 1. The molecule has 0 aromatic heterocycles. The van der Waals surface area contributed by atoms with Crippen molar-refractivity contribution in [2.45, 2.75) is 63.7 Å². The molecule has 2 unspecified atom stereocenters. The lowest BCUT2D eigenvalue weighted by molar-refractivity contribution is -0.103. The summed E-state index contributed by atoms with van der Waals surface area (Å²) in [4.78, 5) is 15.2.